The average Bonchev–Trinajstić information content (AvgIpc) is 3.15. The summed E-state index contributed by atoms with van der Waals surface area (Å²) in [6.45, 7) is 4.17. The van der Waals surface area contributed by atoms with E-state index < -0.39 is 12.1 Å². The fraction of sp³-hybridized carbons (Fsp3) is 0.729. The van der Waals surface area contributed by atoms with Crippen LogP contribution < -0.4 is 5.32 Å². The van der Waals surface area contributed by atoms with Gasteiger partial charge in [-0.2, -0.15) is 0 Å². The number of aliphatic hydroxyl groups excluding tert-OH is 2. The molecule has 300 valence electrons. The van der Waals surface area contributed by atoms with E-state index >= 15 is 0 Å². The van der Waals surface area contributed by atoms with Crippen LogP contribution in [0.15, 0.2) is 72.9 Å². The number of carbonyl (C=O) groups is 1. The molecule has 1 amide bonds. The summed E-state index contributed by atoms with van der Waals surface area (Å²) in [7, 11) is 0. The molecule has 0 heterocycles. The first kappa shape index (κ1) is 49.8. The zero-order chi connectivity index (χ0) is 37.8. The zero-order valence-electron chi connectivity index (χ0n) is 34.3. The Morgan fingerprint density at radius 3 is 1.35 bits per heavy atom. The van der Waals surface area contributed by atoms with Crippen LogP contribution in [0.5, 0.6) is 0 Å². The Morgan fingerprint density at radius 1 is 0.481 bits per heavy atom. The number of nitrogens with one attached hydrogen (secondary N) is 1. The fourth-order valence-electron chi connectivity index (χ4n) is 6.30. The van der Waals surface area contributed by atoms with Crippen LogP contribution in [0.25, 0.3) is 0 Å². The summed E-state index contributed by atoms with van der Waals surface area (Å²) in [5.74, 6) is -0.0793. The van der Waals surface area contributed by atoms with Crippen LogP contribution in [0.1, 0.15) is 206 Å². The molecule has 0 aromatic carbocycles. The Labute approximate surface area is 323 Å². The second-order valence-electron chi connectivity index (χ2n) is 14.7. The van der Waals surface area contributed by atoms with Gasteiger partial charge >= 0.3 is 0 Å². The number of rotatable bonds is 39. The maximum absolute atomic E-state index is 12.4. The summed E-state index contributed by atoms with van der Waals surface area (Å²) in [6.07, 6.45) is 61.5. The Hall–Kier alpha value is -2.17. The third-order valence-electron chi connectivity index (χ3n) is 9.67. The van der Waals surface area contributed by atoms with E-state index in [-0.39, 0.29) is 12.5 Å². The smallest absolute Gasteiger partial charge is 0.220 e. The summed E-state index contributed by atoms with van der Waals surface area (Å²) in [6, 6.07) is -0.642. The SMILES string of the molecule is CC/C=C\C/C=C\C/C=C\C/C=C\CCCCCCCCCCCCCCC(=O)NC(CO)C(O)/C=C/CC/C=C/CCCCCCCCCCC. The predicted molar refractivity (Wildman–Crippen MR) is 230 cm³/mol. The van der Waals surface area contributed by atoms with Crippen LogP contribution in [-0.2, 0) is 4.79 Å². The number of allylic oxidation sites excluding steroid dienone is 11. The molecule has 0 aliphatic rings. The molecule has 3 N–H and O–H groups in total. The van der Waals surface area contributed by atoms with Crippen molar-refractivity contribution in [2.75, 3.05) is 6.61 Å². The second-order valence-corrected chi connectivity index (χ2v) is 14.7. The van der Waals surface area contributed by atoms with Gasteiger partial charge in [0.1, 0.15) is 0 Å². The third-order valence-corrected chi connectivity index (χ3v) is 9.67. The van der Waals surface area contributed by atoms with Crippen molar-refractivity contribution in [3.8, 4) is 0 Å². The molecular formula is C48H85NO3. The van der Waals surface area contributed by atoms with Crippen molar-refractivity contribution in [3.05, 3.63) is 72.9 Å². The van der Waals surface area contributed by atoms with Gasteiger partial charge < -0.3 is 15.5 Å². The quantitative estimate of drug-likeness (QED) is 0.0437. The molecule has 0 saturated carbocycles. The minimum atomic E-state index is -0.865. The zero-order valence-corrected chi connectivity index (χ0v) is 34.3. The van der Waals surface area contributed by atoms with Crippen molar-refractivity contribution in [1.82, 2.24) is 5.32 Å². The third kappa shape index (κ3) is 39.0. The lowest BCUT2D eigenvalue weighted by Crippen LogP contribution is -2.45. The molecule has 2 atom stereocenters. The number of carbonyl (C=O) groups excluding carboxylic acids is 1. The first-order valence-corrected chi connectivity index (χ1v) is 22.2. The largest absolute Gasteiger partial charge is 0.394 e. The fourth-order valence-corrected chi connectivity index (χ4v) is 6.30. The van der Waals surface area contributed by atoms with Gasteiger partial charge in [-0.25, -0.2) is 0 Å². The minimum Gasteiger partial charge on any atom is -0.394 e. The molecule has 0 aromatic rings. The minimum absolute atomic E-state index is 0.0793. The Morgan fingerprint density at radius 2 is 0.865 bits per heavy atom. The first-order chi connectivity index (χ1) is 25.7. The number of aliphatic hydroxyl groups is 2. The van der Waals surface area contributed by atoms with Gasteiger partial charge in [-0.3, -0.25) is 4.79 Å². The highest BCUT2D eigenvalue weighted by Gasteiger charge is 2.17. The highest BCUT2D eigenvalue weighted by atomic mass is 16.3. The van der Waals surface area contributed by atoms with Gasteiger partial charge in [-0.05, 0) is 70.6 Å². The molecule has 0 aliphatic carbocycles. The summed E-state index contributed by atoms with van der Waals surface area (Å²) in [5.41, 5.74) is 0. The number of unbranched alkanes of at least 4 members (excludes halogenated alkanes) is 22. The van der Waals surface area contributed by atoms with E-state index in [4.69, 9.17) is 0 Å². The average molecular weight is 724 g/mol. The van der Waals surface area contributed by atoms with E-state index in [9.17, 15) is 15.0 Å². The van der Waals surface area contributed by atoms with Crippen molar-refractivity contribution in [2.24, 2.45) is 0 Å². The Balaban J connectivity index is 3.60. The van der Waals surface area contributed by atoms with E-state index in [1.54, 1.807) is 6.08 Å². The summed E-state index contributed by atoms with van der Waals surface area (Å²) in [4.78, 5) is 12.4. The van der Waals surface area contributed by atoms with Crippen LogP contribution in [0, 0.1) is 0 Å². The monoisotopic (exact) mass is 724 g/mol. The van der Waals surface area contributed by atoms with Crippen LogP contribution >= 0.6 is 0 Å². The highest BCUT2D eigenvalue weighted by molar-refractivity contribution is 5.76. The predicted octanol–water partition coefficient (Wildman–Crippen LogP) is 13.9. The van der Waals surface area contributed by atoms with Crippen LogP contribution in [0.3, 0.4) is 0 Å². The summed E-state index contributed by atoms with van der Waals surface area (Å²) in [5, 5.41) is 23.0. The van der Waals surface area contributed by atoms with Crippen molar-refractivity contribution >= 4 is 5.91 Å². The van der Waals surface area contributed by atoms with Gasteiger partial charge in [0, 0.05) is 6.42 Å². The van der Waals surface area contributed by atoms with E-state index in [1.807, 2.05) is 6.08 Å². The Kier molecular flexibility index (Phi) is 41.4. The summed E-state index contributed by atoms with van der Waals surface area (Å²) >= 11 is 0. The molecule has 0 radical (unpaired) electrons. The standard InChI is InChI=1S/C48H85NO3/c1-3-5-7-9-11-13-15-17-19-20-21-22-23-24-25-26-27-28-30-32-34-36-38-40-42-44-48(52)49-46(45-50)47(51)43-41-39-37-35-33-31-29-18-16-14-12-10-8-6-4-2/h5,7,11,13,17,19,21-22,33,35,41,43,46-47,50-51H,3-4,6,8-10,12,14-16,18,20,23-32,34,36-40,42,44-45H2,1-2H3,(H,49,52)/b7-5-,13-11-,19-17-,22-21-,35-33+,43-41+. The van der Waals surface area contributed by atoms with E-state index in [0.717, 1.165) is 57.8 Å². The van der Waals surface area contributed by atoms with Crippen molar-refractivity contribution in [2.45, 2.75) is 219 Å². The normalized spacial score (nSPS) is 13.7. The van der Waals surface area contributed by atoms with Gasteiger partial charge in [0.2, 0.25) is 5.91 Å². The molecule has 0 aromatic heterocycles. The molecule has 0 rings (SSSR count). The topological polar surface area (TPSA) is 69.6 Å². The maximum atomic E-state index is 12.4. The molecule has 2 unspecified atom stereocenters. The molecular weight excluding hydrogens is 639 g/mol. The molecule has 4 heteroatoms. The van der Waals surface area contributed by atoms with E-state index in [2.05, 4.69) is 79.9 Å². The van der Waals surface area contributed by atoms with Gasteiger partial charge in [-0.1, -0.05) is 202 Å². The van der Waals surface area contributed by atoms with Crippen molar-refractivity contribution in [1.29, 1.82) is 0 Å². The van der Waals surface area contributed by atoms with Crippen LogP contribution in [0.4, 0.5) is 0 Å². The lowest BCUT2D eigenvalue weighted by Gasteiger charge is -2.19. The summed E-state index contributed by atoms with van der Waals surface area (Å²) < 4.78 is 0. The van der Waals surface area contributed by atoms with E-state index in [1.165, 1.54) is 128 Å². The van der Waals surface area contributed by atoms with E-state index in [0.29, 0.717) is 6.42 Å². The molecule has 0 saturated heterocycles. The second kappa shape index (κ2) is 43.2. The van der Waals surface area contributed by atoms with Gasteiger partial charge in [0.05, 0.1) is 18.8 Å². The van der Waals surface area contributed by atoms with Crippen molar-refractivity contribution < 1.29 is 15.0 Å². The molecule has 4 nitrogen and oxygen atoms in total. The van der Waals surface area contributed by atoms with Gasteiger partial charge in [0.25, 0.3) is 0 Å². The maximum Gasteiger partial charge on any atom is 0.220 e. The lowest BCUT2D eigenvalue weighted by molar-refractivity contribution is -0.123. The number of hydrogen-bond acceptors (Lipinski definition) is 3. The van der Waals surface area contributed by atoms with Crippen molar-refractivity contribution in [3.63, 3.8) is 0 Å². The Bertz CT molecular complexity index is 915. The molecule has 0 fully saturated rings. The molecule has 0 aliphatic heterocycles. The van der Waals surface area contributed by atoms with Crippen LogP contribution in [0.2, 0.25) is 0 Å². The first-order valence-electron chi connectivity index (χ1n) is 22.2. The van der Waals surface area contributed by atoms with Gasteiger partial charge in [-0.15, -0.1) is 0 Å². The lowest BCUT2D eigenvalue weighted by atomic mass is 10.0. The number of amides is 1. The molecule has 0 bridgehead atoms. The molecule has 0 spiro atoms. The van der Waals surface area contributed by atoms with Gasteiger partial charge in [0.15, 0.2) is 0 Å². The number of hydrogen-bond donors (Lipinski definition) is 3. The highest BCUT2D eigenvalue weighted by Crippen LogP contribution is 2.14. The molecule has 52 heavy (non-hydrogen) atoms. The van der Waals surface area contributed by atoms with Crippen LogP contribution in [-0.4, -0.2) is 34.9 Å².